The molecule has 0 unspecified atom stereocenters. The topological polar surface area (TPSA) is 29.9 Å². The van der Waals surface area contributed by atoms with Crippen molar-refractivity contribution in [2.24, 2.45) is 7.05 Å². The predicted octanol–water partition coefficient (Wildman–Crippen LogP) is 2.96. The zero-order valence-corrected chi connectivity index (χ0v) is 10.9. The molecule has 2 aromatic rings. The quantitative estimate of drug-likeness (QED) is 0.877. The van der Waals surface area contributed by atoms with E-state index in [0.717, 1.165) is 12.2 Å². The molecule has 0 saturated carbocycles. The molecular weight excluding hydrogens is 210 g/mol. The van der Waals surface area contributed by atoms with Gasteiger partial charge in [-0.25, -0.2) is 0 Å². The summed E-state index contributed by atoms with van der Waals surface area (Å²) in [5, 5.41) is 7.81. The second kappa shape index (κ2) is 4.62. The molecular formula is C14H19N3. The monoisotopic (exact) mass is 229 g/mol. The van der Waals surface area contributed by atoms with Gasteiger partial charge in [0.25, 0.3) is 0 Å². The van der Waals surface area contributed by atoms with E-state index in [-0.39, 0.29) is 0 Å². The van der Waals surface area contributed by atoms with Crippen LogP contribution in [0.4, 0.5) is 5.69 Å². The minimum absolute atomic E-state index is 0.823. The number of rotatable bonds is 3. The maximum atomic E-state index is 4.34. The summed E-state index contributed by atoms with van der Waals surface area (Å²) in [6.07, 6.45) is 2.06. The van der Waals surface area contributed by atoms with E-state index in [4.69, 9.17) is 0 Å². The van der Waals surface area contributed by atoms with Crippen LogP contribution in [0.1, 0.15) is 22.4 Å². The number of hydrogen-bond acceptors (Lipinski definition) is 2. The highest BCUT2D eigenvalue weighted by Crippen LogP contribution is 2.19. The van der Waals surface area contributed by atoms with Gasteiger partial charge in [0.05, 0.1) is 5.69 Å². The molecule has 1 heterocycles. The van der Waals surface area contributed by atoms with E-state index in [2.05, 4.69) is 48.7 Å². The fourth-order valence-corrected chi connectivity index (χ4v) is 1.96. The van der Waals surface area contributed by atoms with Crippen molar-refractivity contribution in [3.8, 4) is 0 Å². The lowest BCUT2D eigenvalue weighted by atomic mass is 10.1. The van der Waals surface area contributed by atoms with Crippen LogP contribution in [0, 0.1) is 20.8 Å². The van der Waals surface area contributed by atoms with Crippen molar-refractivity contribution in [3.63, 3.8) is 0 Å². The number of anilines is 1. The molecule has 0 aliphatic carbocycles. The Balaban J connectivity index is 2.12. The fourth-order valence-electron chi connectivity index (χ4n) is 1.96. The minimum atomic E-state index is 0.823. The summed E-state index contributed by atoms with van der Waals surface area (Å²) in [6, 6.07) is 6.34. The first-order valence-corrected chi connectivity index (χ1v) is 5.87. The van der Waals surface area contributed by atoms with E-state index in [1.54, 1.807) is 0 Å². The summed E-state index contributed by atoms with van der Waals surface area (Å²) in [4.78, 5) is 0. The molecule has 0 saturated heterocycles. The lowest BCUT2D eigenvalue weighted by Crippen LogP contribution is -2.02. The van der Waals surface area contributed by atoms with Crippen molar-refractivity contribution in [2.45, 2.75) is 27.3 Å². The Labute approximate surface area is 102 Å². The number of aryl methyl sites for hydroxylation is 3. The molecule has 3 nitrogen and oxygen atoms in total. The Morgan fingerprint density at radius 1 is 1.24 bits per heavy atom. The standard InChI is InChI=1S/C14H19N3/c1-10-6-5-7-14(11(10)2)15-8-13-9-17(4)16-12(13)3/h5-7,9,15H,8H2,1-4H3. The van der Waals surface area contributed by atoms with Gasteiger partial charge >= 0.3 is 0 Å². The SMILES string of the molecule is Cc1cccc(NCc2cn(C)nc2C)c1C. The maximum absolute atomic E-state index is 4.34. The summed E-state index contributed by atoms with van der Waals surface area (Å²) in [7, 11) is 1.95. The molecule has 0 fully saturated rings. The predicted molar refractivity (Wildman–Crippen MR) is 71.2 cm³/mol. The normalized spacial score (nSPS) is 10.6. The van der Waals surface area contributed by atoms with Crippen LogP contribution in [0.3, 0.4) is 0 Å². The number of nitrogens with one attached hydrogen (secondary N) is 1. The molecule has 0 aliphatic heterocycles. The highest BCUT2D eigenvalue weighted by Gasteiger charge is 2.04. The number of hydrogen-bond donors (Lipinski definition) is 1. The van der Waals surface area contributed by atoms with Gasteiger partial charge in [-0.2, -0.15) is 5.10 Å². The van der Waals surface area contributed by atoms with Gasteiger partial charge in [-0.15, -0.1) is 0 Å². The Kier molecular flexibility index (Phi) is 3.18. The smallest absolute Gasteiger partial charge is 0.0643 e. The molecule has 0 bridgehead atoms. The van der Waals surface area contributed by atoms with Crippen molar-refractivity contribution >= 4 is 5.69 Å². The van der Waals surface area contributed by atoms with Crippen LogP contribution in [0.5, 0.6) is 0 Å². The Bertz CT molecular complexity index is 526. The van der Waals surface area contributed by atoms with Crippen LogP contribution in [0.25, 0.3) is 0 Å². The third-order valence-electron chi connectivity index (χ3n) is 3.19. The molecule has 17 heavy (non-hydrogen) atoms. The lowest BCUT2D eigenvalue weighted by molar-refractivity contribution is 0.756. The number of aromatic nitrogens is 2. The van der Waals surface area contributed by atoms with Crippen LogP contribution < -0.4 is 5.32 Å². The van der Waals surface area contributed by atoms with E-state index in [1.807, 2.05) is 18.7 Å². The van der Waals surface area contributed by atoms with E-state index >= 15 is 0 Å². The Hall–Kier alpha value is -1.77. The molecule has 1 aromatic carbocycles. The fraction of sp³-hybridized carbons (Fsp3) is 0.357. The van der Waals surface area contributed by atoms with E-state index in [9.17, 15) is 0 Å². The van der Waals surface area contributed by atoms with Crippen LogP contribution >= 0.6 is 0 Å². The van der Waals surface area contributed by atoms with Gasteiger partial charge < -0.3 is 5.32 Å². The Morgan fingerprint density at radius 3 is 2.65 bits per heavy atom. The molecule has 0 atom stereocenters. The molecule has 1 aromatic heterocycles. The highest BCUT2D eigenvalue weighted by atomic mass is 15.2. The summed E-state index contributed by atoms with van der Waals surface area (Å²) < 4.78 is 1.86. The highest BCUT2D eigenvalue weighted by molar-refractivity contribution is 5.53. The van der Waals surface area contributed by atoms with Crippen molar-refractivity contribution in [1.82, 2.24) is 9.78 Å². The zero-order valence-electron chi connectivity index (χ0n) is 10.9. The summed E-state index contributed by atoms with van der Waals surface area (Å²) in [6.45, 7) is 7.15. The summed E-state index contributed by atoms with van der Waals surface area (Å²) in [5.41, 5.74) is 6.17. The molecule has 3 heteroatoms. The van der Waals surface area contributed by atoms with Gasteiger partial charge in [0, 0.05) is 31.0 Å². The zero-order chi connectivity index (χ0) is 12.4. The molecule has 2 rings (SSSR count). The second-order valence-electron chi connectivity index (χ2n) is 4.51. The molecule has 1 N–H and O–H groups in total. The van der Waals surface area contributed by atoms with Gasteiger partial charge in [-0.05, 0) is 38.0 Å². The lowest BCUT2D eigenvalue weighted by Gasteiger charge is -2.10. The largest absolute Gasteiger partial charge is 0.381 e. The van der Waals surface area contributed by atoms with Crippen LogP contribution in [0.2, 0.25) is 0 Å². The van der Waals surface area contributed by atoms with Crippen LogP contribution in [-0.4, -0.2) is 9.78 Å². The number of benzene rings is 1. The average molecular weight is 229 g/mol. The van der Waals surface area contributed by atoms with Crippen LogP contribution in [-0.2, 0) is 13.6 Å². The first kappa shape index (κ1) is 11.7. The molecule has 0 aliphatic rings. The van der Waals surface area contributed by atoms with Crippen molar-refractivity contribution in [2.75, 3.05) is 5.32 Å². The average Bonchev–Trinajstić information content (AvgIpc) is 2.60. The van der Waals surface area contributed by atoms with E-state index in [0.29, 0.717) is 0 Å². The van der Waals surface area contributed by atoms with Gasteiger partial charge in [-0.3, -0.25) is 4.68 Å². The van der Waals surface area contributed by atoms with E-state index < -0.39 is 0 Å². The van der Waals surface area contributed by atoms with Gasteiger partial charge in [0.1, 0.15) is 0 Å². The van der Waals surface area contributed by atoms with Crippen molar-refractivity contribution in [1.29, 1.82) is 0 Å². The van der Waals surface area contributed by atoms with Crippen molar-refractivity contribution in [3.05, 3.63) is 46.8 Å². The van der Waals surface area contributed by atoms with Gasteiger partial charge in [0.2, 0.25) is 0 Å². The Morgan fingerprint density at radius 2 is 2.00 bits per heavy atom. The molecule has 90 valence electrons. The second-order valence-corrected chi connectivity index (χ2v) is 4.51. The maximum Gasteiger partial charge on any atom is 0.0643 e. The molecule has 0 amide bonds. The first-order valence-electron chi connectivity index (χ1n) is 5.87. The summed E-state index contributed by atoms with van der Waals surface area (Å²) in [5.74, 6) is 0. The number of nitrogens with zero attached hydrogens (tertiary/aromatic N) is 2. The third-order valence-corrected chi connectivity index (χ3v) is 3.19. The third kappa shape index (κ3) is 2.49. The van der Waals surface area contributed by atoms with Gasteiger partial charge in [0.15, 0.2) is 0 Å². The molecule has 0 spiro atoms. The first-order chi connectivity index (χ1) is 8.08. The molecule has 0 radical (unpaired) electrons. The summed E-state index contributed by atoms with van der Waals surface area (Å²) >= 11 is 0. The van der Waals surface area contributed by atoms with Crippen molar-refractivity contribution < 1.29 is 0 Å². The van der Waals surface area contributed by atoms with Crippen LogP contribution in [0.15, 0.2) is 24.4 Å². The minimum Gasteiger partial charge on any atom is -0.381 e. The van der Waals surface area contributed by atoms with E-state index in [1.165, 1.54) is 22.4 Å². The van der Waals surface area contributed by atoms with Gasteiger partial charge in [-0.1, -0.05) is 12.1 Å².